The molecule has 1 N–H and O–H groups in total. The number of rotatable bonds is 4. The second-order valence-electron chi connectivity index (χ2n) is 7.79. The van der Waals surface area contributed by atoms with E-state index in [1.807, 2.05) is 6.07 Å². The van der Waals surface area contributed by atoms with Crippen molar-refractivity contribution in [3.05, 3.63) is 29.3 Å². The lowest BCUT2D eigenvalue weighted by Gasteiger charge is -2.39. The topological polar surface area (TPSA) is 50.8 Å². The first-order chi connectivity index (χ1) is 12.8. The molecule has 0 spiro atoms. The highest BCUT2D eigenvalue weighted by atomic mass is 16.5. The first-order valence-electron chi connectivity index (χ1n) is 10.1. The number of fused-ring (bicyclic) bond motifs is 1. The summed E-state index contributed by atoms with van der Waals surface area (Å²) in [6, 6.07) is 6.90. The van der Waals surface area contributed by atoms with Gasteiger partial charge in [-0.15, -0.1) is 0 Å². The summed E-state index contributed by atoms with van der Waals surface area (Å²) in [5.74, 6) is 1.33. The predicted molar refractivity (Wildman–Crippen MR) is 100 cm³/mol. The van der Waals surface area contributed by atoms with Crippen LogP contribution < -0.4 is 10.1 Å². The van der Waals surface area contributed by atoms with Crippen LogP contribution in [0.3, 0.4) is 0 Å². The number of hydrogen-bond acceptors (Lipinski definition) is 4. The lowest BCUT2D eigenvalue weighted by Crippen LogP contribution is -2.48. The third-order valence-corrected chi connectivity index (χ3v) is 5.97. The minimum absolute atomic E-state index is 0.118. The van der Waals surface area contributed by atoms with Crippen LogP contribution >= 0.6 is 0 Å². The lowest BCUT2D eigenvalue weighted by atomic mass is 9.94. The van der Waals surface area contributed by atoms with Crippen LogP contribution in [0.5, 0.6) is 5.75 Å². The molecule has 0 aromatic heterocycles. The predicted octanol–water partition coefficient (Wildman–Crippen LogP) is 2.52. The molecular formula is C21H30N2O3. The fraction of sp³-hybridized carbons (Fsp3) is 0.667. The summed E-state index contributed by atoms with van der Waals surface area (Å²) in [6.07, 6.45) is 6.47. The molecule has 2 fully saturated rings. The normalized spacial score (nSPS) is 24.5. The van der Waals surface area contributed by atoms with Crippen LogP contribution in [0.2, 0.25) is 0 Å². The zero-order chi connectivity index (χ0) is 17.8. The van der Waals surface area contributed by atoms with Crippen LogP contribution in [0, 0.1) is 5.92 Å². The molecule has 0 unspecified atom stereocenters. The summed E-state index contributed by atoms with van der Waals surface area (Å²) in [7, 11) is 0. The standard InChI is InChI=1S/C21H30N2O3/c24-21(18-3-1-9-23(15-18)19-7-11-25-12-8-19)22-14-16-5-6-20-17(13-16)4-2-10-26-20/h5-6,13,18-19H,1-4,7-12,14-15H2,(H,22,24)/t18-/m1/s1. The van der Waals surface area contributed by atoms with E-state index in [-0.39, 0.29) is 11.8 Å². The van der Waals surface area contributed by atoms with Crippen molar-refractivity contribution in [2.24, 2.45) is 5.92 Å². The lowest BCUT2D eigenvalue weighted by molar-refractivity contribution is -0.127. The first-order valence-corrected chi connectivity index (χ1v) is 10.1. The Hall–Kier alpha value is -1.59. The van der Waals surface area contributed by atoms with Gasteiger partial charge in [-0.05, 0) is 62.3 Å². The van der Waals surface area contributed by atoms with Crippen molar-refractivity contribution in [3.63, 3.8) is 0 Å². The maximum atomic E-state index is 12.7. The van der Waals surface area contributed by atoms with E-state index in [4.69, 9.17) is 9.47 Å². The van der Waals surface area contributed by atoms with Gasteiger partial charge < -0.3 is 14.8 Å². The van der Waals surface area contributed by atoms with Crippen molar-refractivity contribution in [2.45, 2.75) is 51.1 Å². The molecule has 2 saturated heterocycles. The second-order valence-corrected chi connectivity index (χ2v) is 7.79. The largest absolute Gasteiger partial charge is 0.493 e. The van der Waals surface area contributed by atoms with Gasteiger partial charge in [0.15, 0.2) is 0 Å². The zero-order valence-corrected chi connectivity index (χ0v) is 15.5. The number of piperidine rings is 1. The number of likely N-dealkylation sites (tertiary alicyclic amines) is 1. The number of nitrogens with one attached hydrogen (secondary N) is 1. The van der Waals surface area contributed by atoms with Gasteiger partial charge in [0.1, 0.15) is 5.75 Å². The van der Waals surface area contributed by atoms with Crippen LogP contribution in [0.25, 0.3) is 0 Å². The molecule has 1 amide bonds. The summed E-state index contributed by atoms with van der Waals surface area (Å²) >= 11 is 0. The number of nitrogens with zero attached hydrogens (tertiary/aromatic N) is 1. The van der Waals surface area contributed by atoms with Gasteiger partial charge >= 0.3 is 0 Å². The van der Waals surface area contributed by atoms with Gasteiger partial charge in [-0.2, -0.15) is 0 Å². The minimum Gasteiger partial charge on any atom is -0.493 e. The van der Waals surface area contributed by atoms with Gasteiger partial charge in [0.25, 0.3) is 0 Å². The third kappa shape index (κ3) is 4.21. The quantitative estimate of drug-likeness (QED) is 0.899. The van der Waals surface area contributed by atoms with Gasteiger partial charge in [0.05, 0.1) is 12.5 Å². The summed E-state index contributed by atoms with van der Waals surface area (Å²) in [6.45, 7) is 5.17. The average Bonchev–Trinajstić information content (AvgIpc) is 2.72. The van der Waals surface area contributed by atoms with Gasteiger partial charge in [-0.25, -0.2) is 0 Å². The molecule has 0 saturated carbocycles. The Labute approximate surface area is 156 Å². The Morgan fingerprint density at radius 3 is 2.92 bits per heavy atom. The Balaban J connectivity index is 1.30. The molecule has 3 heterocycles. The molecule has 5 nitrogen and oxygen atoms in total. The fourth-order valence-electron chi connectivity index (χ4n) is 4.46. The average molecular weight is 358 g/mol. The first kappa shape index (κ1) is 17.8. The number of carbonyl (C=O) groups excluding carboxylic acids is 1. The SMILES string of the molecule is O=C(NCc1ccc2c(c1)CCCO2)[C@@H]1CCCN(C2CCOCC2)C1. The van der Waals surface area contributed by atoms with E-state index < -0.39 is 0 Å². The number of aryl methyl sites for hydroxylation is 1. The number of hydrogen-bond donors (Lipinski definition) is 1. The summed E-state index contributed by atoms with van der Waals surface area (Å²) in [5, 5.41) is 3.17. The molecular weight excluding hydrogens is 328 g/mol. The Morgan fingerprint density at radius 2 is 2.04 bits per heavy atom. The van der Waals surface area contributed by atoms with Crippen LogP contribution in [0.1, 0.15) is 43.2 Å². The van der Waals surface area contributed by atoms with E-state index in [1.54, 1.807) is 0 Å². The molecule has 5 heteroatoms. The smallest absolute Gasteiger partial charge is 0.224 e. The Bertz CT molecular complexity index is 628. The zero-order valence-electron chi connectivity index (χ0n) is 15.5. The maximum Gasteiger partial charge on any atom is 0.224 e. The molecule has 0 aliphatic carbocycles. The van der Waals surface area contributed by atoms with Gasteiger partial charge in [-0.3, -0.25) is 9.69 Å². The number of ether oxygens (including phenoxy) is 2. The summed E-state index contributed by atoms with van der Waals surface area (Å²) in [4.78, 5) is 15.2. The second kappa shape index (κ2) is 8.40. The van der Waals surface area contributed by atoms with E-state index >= 15 is 0 Å². The third-order valence-electron chi connectivity index (χ3n) is 5.97. The van der Waals surface area contributed by atoms with Crippen molar-refractivity contribution in [2.75, 3.05) is 32.9 Å². The molecule has 0 radical (unpaired) electrons. The number of benzene rings is 1. The highest BCUT2D eigenvalue weighted by Crippen LogP contribution is 2.26. The van der Waals surface area contributed by atoms with E-state index in [0.29, 0.717) is 12.6 Å². The summed E-state index contributed by atoms with van der Waals surface area (Å²) < 4.78 is 11.1. The van der Waals surface area contributed by atoms with E-state index in [9.17, 15) is 4.79 Å². The molecule has 1 aromatic carbocycles. The van der Waals surface area contributed by atoms with E-state index in [1.165, 1.54) is 11.1 Å². The van der Waals surface area contributed by atoms with Crippen molar-refractivity contribution in [1.82, 2.24) is 10.2 Å². The fourth-order valence-corrected chi connectivity index (χ4v) is 4.46. The maximum absolute atomic E-state index is 12.7. The molecule has 4 rings (SSSR count). The number of carbonyl (C=O) groups is 1. The van der Waals surface area contributed by atoms with Crippen molar-refractivity contribution in [3.8, 4) is 5.75 Å². The Kier molecular flexibility index (Phi) is 5.75. The van der Waals surface area contributed by atoms with Crippen molar-refractivity contribution < 1.29 is 14.3 Å². The molecule has 3 aliphatic rings. The number of amides is 1. The van der Waals surface area contributed by atoms with Gasteiger partial charge in [0.2, 0.25) is 5.91 Å². The van der Waals surface area contributed by atoms with Gasteiger partial charge in [-0.1, -0.05) is 12.1 Å². The minimum atomic E-state index is 0.118. The summed E-state index contributed by atoms with van der Waals surface area (Å²) in [5.41, 5.74) is 2.44. The molecule has 1 atom stereocenters. The monoisotopic (exact) mass is 358 g/mol. The Morgan fingerprint density at radius 1 is 1.15 bits per heavy atom. The highest BCUT2D eigenvalue weighted by molar-refractivity contribution is 5.79. The van der Waals surface area contributed by atoms with E-state index in [2.05, 4.69) is 22.3 Å². The molecule has 142 valence electrons. The molecule has 26 heavy (non-hydrogen) atoms. The molecule has 3 aliphatic heterocycles. The van der Waals surface area contributed by atoms with Crippen molar-refractivity contribution in [1.29, 1.82) is 0 Å². The highest BCUT2D eigenvalue weighted by Gasteiger charge is 2.30. The van der Waals surface area contributed by atoms with Gasteiger partial charge in [0, 0.05) is 32.3 Å². The molecule has 0 bridgehead atoms. The van der Waals surface area contributed by atoms with Crippen LogP contribution in [0.4, 0.5) is 0 Å². The van der Waals surface area contributed by atoms with Crippen LogP contribution in [-0.2, 0) is 22.5 Å². The van der Waals surface area contributed by atoms with E-state index in [0.717, 1.165) is 77.2 Å². The van der Waals surface area contributed by atoms with Crippen LogP contribution in [0.15, 0.2) is 18.2 Å². The molecule has 1 aromatic rings. The van der Waals surface area contributed by atoms with Crippen molar-refractivity contribution >= 4 is 5.91 Å². The van der Waals surface area contributed by atoms with Crippen LogP contribution in [-0.4, -0.2) is 49.8 Å².